The van der Waals surface area contributed by atoms with Crippen molar-refractivity contribution in [3.8, 4) is 11.1 Å². The van der Waals surface area contributed by atoms with E-state index < -0.39 is 0 Å². The van der Waals surface area contributed by atoms with Crippen molar-refractivity contribution >= 4 is 39.9 Å². The second-order valence-electron chi connectivity index (χ2n) is 6.92. The number of aromatic nitrogens is 1. The summed E-state index contributed by atoms with van der Waals surface area (Å²) in [5.41, 5.74) is 6.05. The molecule has 0 aliphatic heterocycles. The average Bonchev–Trinajstić information content (AvgIpc) is 2.99. The molecule has 0 spiro atoms. The standard InChI is InChI=1S/C22H23NO2S.ClH/c1-4-25-22(24)18-14(3)23-21-20(16-7-5-6-8-17(16)26-21)19(18)15-11-9-13(2)10-12-15;/h9-12H,4-8H2,1-3H3;1H. The Kier molecular flexibility index (Phi) is 5.87. The van der Waals surface area contributed by atoms with E-state index in [0.29, 0.717) is 12.2 Å². The van der Waals surface area contributed by atoms with Gasteiger partial charge in [0.25, 0.3) is 0 Å². The van der Waals surface area contributed by atoms with Crippen molar-refractivity contribution in [2.24, 2.45) is 0 Å². The van der Waals surface area contributed by atoms with Crippen LogP contribution in [0.1, 0.15) is 51.8 Å². The number of hydrogen-bond acceptors (Lipinski definition) is 4. The smallest absolute Gasteiger partial charge is 0.340 e. The van der Waals surface area contributed by atoms with Crippen molar-refractivity contribution in [1.29, 1.82) is 0 Å². The number of halogens is 1. The van der Waals surface area contributed by atoms with Gasteiger partial charge in [0.05, 0.1) is 17.9 Å². The Balaban J connectivity index is 0.00000210. The van der Waals surface area contributed by atoms with Crippen LogP contribution in [0.15, 0.2) is 24.3 Å². The Labute approximate surface area is 170 Å². The third kappa shape index (κ3) is 3.48. The number of hydrogen-bond donors (Lipinski definition) is 0. The molecule has 0 saturated heterocycles. The zero-order valence-corrected chi connectivity index (χ0v) is 17.6. The van der Waals surface area contributed by atoms with E-state index >= 15 is 0 Å². The largest absolute Gasteiger partial charge is 0.462 e. The van der Waals surface area contributed by atoms with Crippen molar-refractivity contribution in [3.63, 3.8) is 0 Å². The summed E-state index contributed by atoms with van der Waals surface area (Å²) in [6.45, 7) is 6.21. The van der Waals surface area contributed by atoms with Crippen molar-refractivity contribution in [2.45, 2.75) is 46.5 Å². The molecule has 4 rings (SSSR count). The molecule has 1 aromatic carbocycles. The number of esters is 1. The molecule has 142 valence electrons. The second-order valence-corrected chi connectivity index (χ2v) is 8.01. The van der Waals surface area contributed by atoms with E-state index in [1.54, 1.807) is 11.3 Å². The van der Waals surface area contributed by atoms with Crippen LogP contribution in [0.4, 0.5) is 0 Å². The highest BCUT2D eigenvalue weighted by Gasteiger charge is 2.26. The minimum atomic E-state index is -0.272. The van der Waals surface area contributed by atoms with Gasteiger partial charge in [-0.15, -0.1) is 23.7 Å². The molecule has 0 atom stereocenters. The van der Waals surface area contributed by atoms with Crippen LogP contribution in [0.2, 0.25) is 0 Å². The van der Waals surface area contributed by atoms with E-state index in [-0.39, 0.29) is 18.4 Å². The Hall–Kier alpha value is -1.91. The molecule has 0 fully saturated rings. The van der Waals surface area contributed by atoms with Gasteiger partial charge in [-0.1, -0.05) is 29.8 Å². The molecule has 2 aromatic heterocycles. The number of nitrogens with zero attached hydrogens (tertiary/aromatic N) is 1. The maximum atomic E-state index is 12.8. The molecule has 0 bridgehead atoms. The lowest BCUT2D eigenvalue weighted by Gasteiger charge is -2.16. The number of pyridine rings is 1. The van der Waals surface area contributed by atoms with Gasteiger partial charge in [-0.2, -0.15) is 0 Å². The summed E-state index contributed by atoms with van der Waals surface area (Å²) in [4.78, 5) is 20.1. The van der Waals surface area contributed by atoms with Crippen molar-refractivity contribution < 1.29 is 9.53 Å². The van der Waals surface area contributed by atoms with Crippen LogP contribution in [-0.2, 0) is 17.6 Å². The molecule has 0 radical (unpaired) electrons. The molecule has 0 unspecified atom stereocenters. The number of aryl methyl sites for hydroxylation is 4. The molecule has 1 aliphatic carbocycles. The molecule has 27 heavy (non-hydrogen) atoms. The number of thiophene rings is 1. The van der Waals surface area contributed by atoms with Gasteiger partial charge in [0.2, 0.25) is 0 Å². The number of fused-ring (bicyclic) bond motifs is 3. The van der Waals surface area contributed by atoms with Crippen LogP contribution in [0.3, 0.4) is 0 Å². The fourth-order valence-corrected chi connectivity index (χ4v) is 5.18. The molecule has 5 heteroatoms. The zero-order chi connectivity index (χ0) is 18.3. The van der Waals surface area contributed by atoms with Crippen LogP contribution in [-0.4, -0.2) is 17.6 Å². The first-order chi connectivity index (χ1) is 12.6. The predicted molar refractivity (Wildman–Crippen MR) is 114 cm³/mol. The minimum Gasteiger partial charge on any atom is -0.462 e. The Morgan fingerprint density at radius 2 is 1.85 bits per heavy atom. The molecule has 2 heterocycles. The normalized spacial score (nSPS) is 13.1. The van der Waals surface area contributed by atoms with E-state index in [1.165, 1.54) is 34.2 Å². The van der Waals surface area contributed by atoms with Crippen LogP contribution in [0, 0.1) is 13.8 Å². The summed E-state index contributed by atoms with van der Waals surface area (Å²) in [7, 11) is 0. The molecule has 0 N–H and O–H groups in total. The predicted octanol–water partition coefficient (Wildman–Crippen LogP) is 6.06. The summed E-state index contributed by atoms with van der Waals surface area (Å²) in [5.74, 6) is -0.272. The van der Waals surface area contributed by atoms with Crippen LogP contribution < -0.4 is 0 Å². The van der Waals surface area contributed by atoms with Gasteiger partial charge < -0.3 is 4.74 Å². The first kappa shape index (κ1) is 19.8. The van der Waals surface area contributed by atoms with E-state index in [9.17, 15) is 4.79 Å². The average molecular weight is 402 g/mol. The molecule has 3 aromatic rings. The number of benzene rings is 1. The van der Waals surface area contributed by atoms with E-state index in [0.717, 1.165) is 34.5 Å². The van der Waals surface area contributed by atoms with Gasteiger partial charge >= 0.3 is 5.97 Å². The third-order valence-corrected chi connectivity index (χ3v) is 6.29. The number of ether oxygens (including phenoxy) is 1. The monoisotopic (exact) mass is 401 g/mol. The first-order valence-electron chi connectivity index (χ1n) is 9.29. The van der Waals surface area contributed by atoms with Gasteiger partial charge in [-0.05, 0) is 57.6 Å². The van der Waals surface area contributed by atoms with Crippen molar-refractivity contribution in [2.75, 3.05) is 6.61 Å². The Bertz CT molecular complexity index is 992. The van der Waals surface area contributed by atoms with Gasteiger partial charge in [-0.25, -0.2) is 9.78 Å². The molecule has 0 amide bonds. The van der Waals surface area contributed by atoms with Gasteiger partial charge in [-0.3, -0.25) is 0 Å². The van der Waals surface area contributed by atoms with E-state index in [2.05, 4.69) is 31.2 Å². The van der Waals surface area contributed by atoms with Crippen LogP contribution >= 0.6 is 23.7 Å². The lowest BCUT2D eigenvalue weighted by Crippen LogP contribution is -2.11. The summed E-state index contributed by atoms with van der Waals surface area (Å²) in [5, 5.41) is 1.17. The van der Waals surface area contributed by atoms with Crippen LogP contribution in [0.25, 0.3) is 21.3 Å². The van der Waals surface area contributed by atoms with E-state index in [1.807, 2.05) is 13.8 Å². The SMILES string of the molecule is CCOC(=O)c1c(C)nc2sc3c(c2c1-c1ccc(C)cc1)CCCC3.Cl. The van der Waals surface area contributed by atoms with Gasteiger partial charge in [0.1, 0.15) is 4.83 Å². The third-order valence-electron chi connectivity index (χ3n) is 5.10. The summed E-state index contributed by atoms with van der Waals surface area (Å²) >= 11 is 1.80. The maximum Gasteiger partial charge on any atom is 0.340 e. The summed E-state index contributed by atoms with van der Waals surface area (Å²) in [6.07, 6.45) is 4.64. The number of carbonyl (C=O) groups is 1. The Morgan fingerprint density at radius 1 is 1.15 bits per heavy atom. The maximum absolute atomic E-state index is 12.8. The topological polar surface area (TPSA) is 39.2 Å². The number of rotatable bonds is 3. The highest BCUT2D eigenvalue weighted by molar-refractivity contribution is 7.19. The van der Waals surface area contributed by atoms with Gasteiger partial charge in [0.15, 0.2) is 0 Å². The highest BCUT2D eigenvalue weighted by atomic mass is 35.5. The van der Waals surface area contributed by atoms with E-state index in [4.69, 9.17) is 9.72 Å². The quantitative estimate of drug-likeness (QED) is 0.501. The lowest BCUT2D eigenvalue weighted by molar-refractivity contribution is 0.0526. The molecule has 0 saturated carbocycles. The molecular weight excluding hydrogens is 378 g/mol. The summed E-state index contributed by atoms with van der Waals surface area (Å²) in [6, 6.07) is 8.42. The van der Waals surface area contributed by atoms with Crippen molar-refractivity contribution in [3.05, 3.63) is 51.5 Å². The van der Waals surface area contributed by atoms with Gasteiger partial charge in [0, 0.05) is 15.8 Å². The second kappa shape index (κ2) is 7.99. The minimum absolute atomic E-state index is 0. The zero-order valence-electron chi connectivity index (χ0n) is 15.9. The number of carbonyl (C=O) groups excluding carboxylic acids is 1. The van der Waals surface area contributed by atoms with Crippen LogP contribution in [0.5, 0.6) is 0 Å². The fraction of sp³-hybridized carbons (Fsp3) is 0.364. The molecule has 3 nitrogen and oxygen atoms in total. The Morgan fingerprint density at radius 3 is 2.56 bits per heavy atom. The first-order valence-corrected chi connectivity index (χ1v) is 10.1. The molecule has 1 aliphatic rings. The summed E-state index contributed by atoms with van der Waals surface area (Å²) < 4.78 is 5.39. The lowest BCUT2D eigenvalue weighted by atomic mass is 9.89. The highest BCUT2D eigenvalue weighted by Crippen LogP contribution is 2.43. The molecular formula is C22H24ClNO2S. The fourth-order valence-electron chi connectivity index (χ4n) is 3.86. The van der Waals surface area contributed by atoms with Crippen molar-refractivity contribution in [1.82, 2.24) is 4.98 Å².